The first kappa shape index (κ1) is 23.4. The van der Waals surface area contributed by atoms with E-state index in [0.29, 0.717) is 29.5 Å². The van der Waals surface area contributed by atoms with E-state index in [9.17, 15) is 13.6 Å². The number of hydrogen-bond acceptors (Lipinski definition) is 6. The van der Waals surface area contributed by atoms with Gasteiger partial charge in [0.2, 0.25) is 5.88 Å². The third kappa shape index (κ3) is 5.47. The van der Waals surface area contributed by atoms with Crippen LogP contribution in [0, 0.1) is 11.6 Å². The highest BCUT2D eigenvalue weighted by atomic mass is 19.1. The van der Waals surface area contributed by atoms with Crippen molar-refractivity contribution in [3.05, 3.63) is 90.0 Å². The van der Waals surface area contributed by atoms with Gasteiger partial charge in [0.1, 0.15) is 30.2 Å². The number of halogens is 2. The second kappa shape index (κ2) is 10.5. The van der Waals surface area contributed by atoms with Gasteiger partial charge in [-0.05, 0) is 55.3 Å². The molecule has 0 aliphatic carbocycles. The fourth-order valence-electron chi connectivity index (χ4n) is 3.79. The maximum absolute atomic E-state index is 14.3. The number of anilines is 2. The zero-order valence-corrected chi connectivity index (χ0v) is 19.0. The number of carbonyl (C=O) groups is 1. The van der Waals surface area contributed by atoms with Gasteiger partial charge in [-0.15, -0.1) is 0 Å². The number of carbonyl (C=O) groups excluding carboxylic acids is 1. The third-order valence-electron chi connectivity index (χ3n) is 5.52. The van der Waals surface area contributed by atoms with E-state index >= 15 is 0 Å². The summed E-state index contributed by atoms with van der Waals surface area (Å²) in [6, 6.07) is 11.1. The number of benzene rings is 2. The van der Waals surface area contributed by atoms with Crippen LogP contribution < -0.4 is 15.4 Å². The number of aromatic nitrogens is 4. The minimum atomic E-state index is -0.565. The molecule has 2 aromatic carbocycles. The van der Waals surface area contributed by atoms with Crippen molar-refractivity contribution in [3.8, 4) is 11.6 Å². The van der Waals surface area contributed by atoms with E-state index in [1.54, 1.807) is 18.2 Å². The quantitative estimate of drug-likeness (QED) is 0.376. The van der Waals surface area contributed by atoms with Gasteiger partial charge in [-0.1, -0.05) is 0 Å². The Morgan fingerprint density at radius 1 is 1.11 bits per heavy atom. The number of hydrogen-bond donors (Lipinski definition) is 2. The summed E-state index contributed by atoms with van der Waals surface area (Å²) in [7, 11) is 0. The second-order valence-corrected chi connectivity index (χ2v) is 8.06. The molecule has 11 heteroatoms. The Bertz CT molecular complexity index is 1340. The molecule has 1 unspecified atom stereocenters. The van der Waals surface area contributed by atoms with Gasteiger partial charge < -0.3 is 14.8 Å². The van der Waals surface area contributed by atoms with Crippen LogP contribution in [0.3, 0.4) is 0 Å². The first-order valence-electron chi connectivity index (χ1n) is 11.3. The minimum Gasteiger partial charge on any atom is -0.472 e. The molecule has 184 valence electrons. The average molecular weight is 492 g/mol. The van der Waals surface area contributed by atoms with Crippen LogP contribution >= 0.6 is 0 Å². The van der Waals surface area contributed by atoms with Gasteiger partial charge >= 0.3 is 6.03 Å². The van der Waals surface area contributed by atoms with E-state index in [0.717, 1.165) is 12.8 Å². The lowest BCUT2D eigenvalue weighted by molar-refractivity contribution is 0.108. The Hall–Kier alpha value is -4.38. The Morgan fingerprint density at radius 3 is 2.72 bits per heavy atom. The molecule has 0 saturated carbocycles. The van der Waals surface area contributed by atoms with Crippen molar-refractivity contribution < 1.29 is 23.0 Å². The molecule has 0 radical (unpaired) electrons. The maximum Gasteiger partial charge on any atom is 0.324 e. The standard InChI is InChI=1S/C25H22F2N6O3/c26-17-3-6-19(7-4-17)33-23(13-21(32-33)22-2-1-11-35-22)31-25(34)30-18-5-8-20(27)16(12-18)15-36-24-14-28-9-10-29-24/h3-10,12-14,22H,1-2,11,15H2,(H2,30,31,34). The summed E-state index contributed by atoms with van der Waals surface area (Å²) in [5.74, 6) is -0.240. The molecule has 5 rings (SSSR count). The van der Waals surface area contributed by atoms with Crippen molar-refractivity contribution in [2.45, 2.75) is 25.6 Å². The molecule has 0 spiro atoms. The highest BCUT2D eigenvalue weighted by molar-refractivity contribution is 5.99. The van der Waals surface area contributed by atoms with Crippen LogP contribution in [0.5, 0.6) is 5.88 Å². The Balaban J connectivity index is 1.32. The second-order valence-electron chi connectivity index (χ2n) is 8.06. The number of rotatable bonds is 7. The average Bonchev–Trinajstić information content (AvgIpc) is 3.56. The Kier molecular flexibility index (Phi) is 6.80. The van der Waals surface area contributed by atoms with E-state index in [4.69, 9.17) is 9.47 Å². The highest BCUT2D eigenvalue weighted by Gasteiger charge is 2.23. The monoisotopic (exact) mass is 492 g/mol. The van der Waals surface area contributed by atoms with E-state index in [1.807, 2.05) is 0 Å². The Labute approximate surface area is 205 Å². The van der Waals surface area contributed by atoms with E-state index in [-0.39, 0.29) is 30.0 Å². The fraction of sp³-hybridized carbons (Fsp3) is 0.200. The van der Waals surface area contributed by atoms with Crippen LogP contribution in [0.1, 0.15) is 30.2 Å². The number of nitrogens with zero attached hydrogens (tertiary/aromatic N) is 4. The molecule has 0 bridgehead atoms. The molecular formula is C25H22F2N6O3. The summed E-state index contributed by atoms with van der Waals surface area (Å²) in [6.45, 7) is 0.550. The van der Waals surface area contributed by atoms with Crippen molar-refractivity contribution in [1.29, 1.82) is 0 Å². The highest BCUT2D eigenvalue weighted by Crippen LogP contribution is 2.30. The molecule has 4 aromatic rings. The van der Waals surface area contributed by atoms with Gasteiger partial charge in [0.05, 0.1) is 17.6 Å². The molecular weight excluding hydrogens is 470 g/mol. The molecule has 1 saturated heterocycles. The number of ether oxygens (including phenoxy) is 2. The normalized spacial score (nSPS) is 15.0. The van der Waals surface area contributed by atoms with Crippen molar-refractivity contribution in [2.24, 2.45) is 0 Å². The van der Waals surface area contributed by atoms with Gasteiger partial charge in [0, 0.05) is 36.3 Å². The summed E-state index contributed by atoms with van der Waals surface area (Å²) < 4.78 is 40.4. The lowest BCUT2D eigenvalue weighted by Gasteiger charge is -2.12. The van der Waals surface area contributed by atoms with Crippen LogP contribution in [0.2, 0.25) is 0 Å². The summed E-state index contributed by atoms with van der Waals surface area (Å²) in [5.41, 5.74) is 1.83. The summed E-state index contributed by atoms with van der Waals surface area (Å²) >= 11 is 0. The minimum absolute atomic E-state index is 0.0935. The molecule has 2 N–H and O–H groups in total. The molecule has 1 aliphatic heterocycles. The first-order chi connectivity index (χ1) is 17.5. The molecule has 1 aliphatic rings. The first-order valence-corrected chi connectivity index (χ1v) is 11.3. The van der Waals surface area contributed by atoms with Crippen molar-refractivity contribution in [3.63, 3.8) is 0 Å². The maximum atomic E-state index is 14.3. The van der Waals surface area contributed by atoms with Crippen LogP contribution in [-0.2, 0) is 11.3 Å². The molecule has 1 fully saturated rings. The lowest BCUT2D eigenvalue weighted by Crippen LogP contribution is -2.21. The smallest absolute Gasteiger partial charge is 0.324 e. The number of urea groups is 1. The predicted octanol–water partition coefficient (Wildman–Crippen LogP) is 5.02. The van der Waals surface area contributed by atoms with E-state index < -0.39 is 11.8 Å². The summed E-state index contributed by atoms with van der Waals surface area (Å²) in [4.78, 5) is 20.7. The SMILES string of the molecule is O=C(Nc1ccc(F)c(COc2cnccn2)c1)Nc1cc(C2CCCO2)nn1-c1ccc(F)cc1. The zero-order chi connectivity index (χ0) is 24.9. The lowest BCUT2D eigenvalue weighted by atomic mass is 10.2. The fourth-order valence-corrected chi connectivity index (χ4v) is 3.79. The van der Waals surface area contributed by atoms with Crippen LogP contribution in [0.4, 0.5) is 25.1 Å². The van der Waals surface area contributed by atoms with Crippen molar-refractivity contribution in [1.82, 2.24) is 19.7 Å². The molecule has 3 heterocycles. The van der Waals surface area contributed by atoms with E-state index in [2.05, 4.69) is 25.7 Å². The third-order valence-corrected chi connectivity index (χ3v) is 5.52. The summed E-state index contributed by atoms with van der Waals surface area (Å²) in [6.07, 6.45) is 5.95. The summed E-state index contributed by atoms with van der Waals surface area (Å²) in [5, 5.41) is 10.0. The number of nitrogens with one attached hydrogen (secondary N) is 2. The van der Waals surface area contributed by atoms with Gasteiger partial charge in [0.15, 0.2) is 0 Å². The number of amides is 2. The zero-order valence-electron chi connectivity index (χ0n) is 19.0. The van der Waals surface area contributed by atoms with Crippen LogP contribution in [-0.4, -0.2) is 32.4 Å². The predicted molar refractivity (Wildman–Crippen MR) is 127 cm³/mol. The van der Waals surface area contributed by atoms with Gasteiger partial charge in [-0.25, -0.2) is 23.2 Å². The molecule has 2 amide bonds. The van der Waals surface area contributed by atoms with Crippen molar-refractivity contribution >= 4 is 17.5 Å². The van der Waals surface area contributed by atoms with Crippen LogP contribution in [0.25, 0.3) is 5.69 Å². The topological polar surface area (TPSA) is 103 Å². The Morgan fingerprint density at radius 2 is 1.97 bits per heavy atom. The molecule has 36 heavy (non-hydrogen) atoms. The van der Waals surface area contributed by atoms with Crippen molar-refractivity contribution in [2.75, 3.05) is 17.2 Å². The van der Waals surface area contributed by atoms with E-state index in [1.165, 1.54) is 53.6 Å². The largest absolute Gasteiger partial charge is 0.472 e. The van der Waals surface area contributed by atoms with Gasteiger partial charge in [-0.3, -0.25) is 10.3 Å². The van der Waals surface area contributed by atoms with Gasteiger partial charge in [-0.2, -0.15) is 5.10 Å². The van der Waals surface area contributed by atoms with Gasteiger partial charge in [0.25, 0.3) is 0 Å². The molecule has 9 nitrogen and oxygen atoms in total. The van der Waals surface area contributed by atoms with Crippen LogP contribution in [0.15, 0.2) is 67.1 Å². The molecule has 2 aromatic heterocycles. The molecule has 1 atom stereocenters.